The van der Waals surface area contributed by atoms with Gasteiger partial charge in [-0.1, -0.05) is 60.7 Å². The van der Waals surface area contributed by atoms with Gasteiger partial charge in [-0.25, -0.2) is 28.0 Å². The van der Waals surface area contributed by atoms with Crippen molar-refractivity contribution in [1.29, 1.82) is 0 Å². The molecule has 400 valence electrons. The van der Waals surface area contributed by atoms with Crippen LogP contribution in [0.15, 0.2) is 109 Å². The Morgan fingerprint density at radius 3 is 1.84 bits per heavy atom. The van der Waals surface area contributed by atoms with Crippen molar-refractivity contribution in [2.24, 2.45) is 0 Å². The summed E-state index contributed by atoms with van der Waals surface area (Å²) < 4.78 is 79.9. The summed E-state index contributed by atoms with van der Waals surface area (Å²) >= 11 is 0. The maximum Gasteiger partial charge on any atom is 0.410 e. The number of halogens is 2. The minimum Gasteiger partial charge on any atom is -0.445 e. The predicted molar refractivity (Wildman–Crippen MR) is 276 cm³/mol. The Morgan fingerprint density at radius 1 is 0.693 bits per heavy atom. The third-order valence-corrected chi connectivity index (χ3v) is 13.9. The fourth-order valence-corrected chi connectivity index (χ4v) is 10.9. The average molecular weight is 1060 g/mol. The number of likely N-dealkylation sites (tertiary alicyclic amines) is 3. The van der Waals surface area contributed by atoms with Crippen LogP contribution in [-0.4, -0.2) is 125 Å². The molecule has 0 saturated carbocycles. The average Bonchev–Trinajstić information content (AvgIpc) is 4.19. The molecular weight excluding hydrogens is 991 g/mol. The summed E-state index contributed by atoms with van der Waals surface area (Å²) in [5.41, 5.74) is 3.07. The van der Waals surface area contributed by atoms with E-state index in [1.165, 1.54) is 29.2 Å². The number of rotatable bonds is 11. The molecule has 0 bridgehead atoms. The molecule has 3 aliphatic heterocycles. The van der Waals surface area contributed by atoms with Gasteiger partial charge in [0.05, 0.1) is 30.5 Å². The monoisotopic (exact) mass is 1050 g/mol. The highest BCUT2D eigenvalue weighted by atomic mass is 32.2. The maximum atomic E-state index is 14.0. The molecule has 4 aromatic carbocycles. The summed E-state index contributed by atoms with van der Waals surface area (Å²) in [7, 11) is -3.89. The number of nitrogens with zero attached hydrogens (tertiary/aromatic N) is 3. The number of benzene rings is 4. The fourth-order valence-electron chi connectivity index (χ4n) is 10.3. The van der Waals surface area contributed by atoms with Gasteiger partial charge >= 0.3 is 24.4 Å². The third-order valence-electron chi connectivity index (χ3n) is 13.3. The van der Waals surface area contributed by atoms with Gasteiger partial charge in [-0.15, -0.1) is 0 Å². The lowest BCUT2D eigenvalue weighted by atomic mass is 9.88. The topological polar surface area (TPSA) is 202 Å². The minimum atomic E-state index is -3.89. The second-order valence-corrected chi connectivity index (χ2v) is 22.6. The number of nitrogens with one attached hydrogen (secondary N) is 3. The number of amides is 4. The van der Waals surface area contributed by atoms with E-state index in [0.29, 0.717) is 41.5 Å². The predicted octanol–water partition coefficient (Wildman–Crippen LogP) is 10.1. The van der Waals surface area contributed by atoms with E-state index in [-0.39, 0.29) is 62.6 Å². The number of aromatic nitrogens is 2. The summed E-state index contributed by atoms with van der Waals surface area (Å²) in [6.45, 7) is 12.0. The molecule has 5 heterocycles. The molecule has 75 heavy (non-hydrogen) atoms. The van der Waals surface area contributed by atoms with Crippen LogP contribution in [0, 0.1) is 11.6 Å². The number of carbonyl (C=O) groups is 4. The van der Waals surface area contributed by atoms with Crippen LogP contribution in [0.1, 0.15) is 88.5 Å². The zero-order valence-electron chi connectivity index (χ0n) is 43.0. The number of fused-ring (bicyclic) bond motifs is 3. The van der Waals surface area contributed by atoms with Gasteiger partial charge in [0, 0.05) is 72.2 Å². The molecule has 17 nitrogen and oxygen atoms in total. The van der Waals surface area contributed by atoms with E-state index >= 15 is 0 Å². The van der Waals surface area contributed by atoms with Crippen LogP contribution in [0.3, 0.4) is 0 Å². The molecule has 1 unspecified atom stereocenters. The smallest absolute Gasteiger partial charge is 0.410 e. The number of hydrogen-bond donors (Lipinski definition) is 3. The van der Waals surface area contributed by atoms with E-state index in [2.05, 4.69) is 15.3 Å². The van der Waals surface area contributed by atoms with Gasteiger partial charge in [-0.2, -0.15) is 8.42 Å². The van der Waals surface area contributed by atoms with E-state index in [9.17, 15) is 36.4 Å². The Labute approximate surface area is 434 Å². The SMILES string of the molecule is CC(C)(C)OC(=O)N1CCC2[C@H]1[C@@H](c1c[nH]c3cc(F)ccc13)CN2C(=O)OCc1ccccc1.CC(C)(C)OC(=O)N1CC[C@H](OS(C)(=O)=O)[C@H]1[C@H](CNC(=O)OCc1ccccc1)c1c[nH]c2cc(F)ccc12. The Morgan fingerprint density at radius 2 is 1.24 bits per heavy atom. The number of carbonyl (C=O) groups excluding carboxylic acids is 4. The fraction of sp³-hybridized carbons (Fsp3) is 0.418. The van der Waals surface area contributed by atoms with E-state index in [1.807, 2.05) is 87.6 Å². The molecule has 3 aliphatic rings. The highest BCUT2D eigenvalue weighted by Crippen LogP contribution is 2.44. The van der Waals surface area contributed by atoms with Crippen LogP contribution in [0.25, 0.3) is 21.8 Å². The van der Waals surface area contributed by atoms with Gasteiger partial charge < -0.3 is 48.9 Å². The van der Waals surface area contributed by atoms with Gasteiger partial charge in [0.1, 0.15) is 36.1 Å². The molecule has 6 aromatic rings. The summed E-state index contributed by atoms with van der Waals surface area (Å²) in [6, 6.07) is 26.3. The second-order valence-electron chi connectivity index (χ2n) is 21.0. The highest BCUT2D eigenvalue weighted by molar-refractivity contribution is 7.86. The van der Waals surface area contributed by atoms with Crippen molar-refractivity contribution in [3.05, 3.63) is 143 Å². The van der Waals surface area contributed by atoms with Crippen molar-refractivity contribution in [3.63, 3.8) is 0 Å². The summed E-state index contributed by atoms with van der Waals surface area (Å²) in [5.74, 6) is -1.60. The Bertz CT molecular complexity index is 3100. The van der Waals surface area contributed by atoms with E-state index in [1.54, 1.807) is 48.9 Å². The van der Waals surface area contributed by atoms with Gasteiger partial charge in [-0.05, 0) is 113 Å². The standard InChI is InChI=1S/C28H34FN3O7S.C27H30FN3O4/c1-28(2,3)38-27(34)32-13-12-24(39-40(4,35)36)25(32)22(21-15-30-23-14-19(29)10-11-20(21)23)16-31-26(33)37-17-18-8-6-5-7-9-18;1-27(2,3)35-26(33)30-12-11-23-24(30)21(20-14-29-22-13-18(28)9-10-19(20)22)15-31(23)25(32)34-16-17-7-5-4-6-8-17/h5-11,14-15,22,24-25,30H,12-13,16-17H2,1-4H3,(H,31,33);4-10,13-14,21,23-24,29H,11-12,15-16H2,1-3H3/t22-,24+,25-;21-,23?,24-/m11/s1. The maximum absolute atomic E-state index is 14.0. The Balaban J connectivity index is 0.000000201. The summed E-state index contributed by atoms with van der Waals surface area (Å²) in [4.78, 5) is 63.4. The van der Waals surface area contributed by atoms with Crippen molar-refractivity contribution < 1.29 is 59.5 Å². The van der Waals surface area contributed by atoms with E-state index < -0.39 is 63.5 Å². The first-order valence-corrected chi connectivity index (χ1v) is 26.7. The van der Waals surface area contributed by atoms with Crippen molar-refractivity contribution in [3.8, 4) is 0 Å². The van der Waals surface area contributed by atoms with Crippen LogP contribution >= 0.6 is 0 Å². The zero-order valence-corrected chi connectivity index (χ0v) is 43.8. The molecular formula is C55H64F2N6O11S. The number of hydrogen-bond acceptors (Lipinski definition) is 11. The first-order valence-electron chi connectivity index (χ1n) is 24.8. The second kappa shape index (κ2) is 22.3. The number of alkyl carbamates (subject to hydrolysis) is 1. The quantitative estimate of drug-likeness (QED) is 0.0823. The normalized spacial score (nSPS) is 20.1. The van der Waals surface area contributed by atoms with Crippen LogP contribution in [-0.2, 0) is 46.5 Å². The van der Waals surface area contributed by atoms with Gasteiger partial charge in [0.15, 0.2) is 0 Å². The molecule has 3 fully saturated rings. The van der Waals surface area contributed by atoms with Crippen molar-refractivity contribution in [1.82, 2.24) is 30.0 Å². The van der Waals surface area contributed by atoms with Crippen LogP contribution in [0.2, 0.25) is 0 Å². The molecule has 3 N–H and O–H groups in total. The Hall–Kier alpha value is -7.19. The molecule has 0 aliphatic carbocycles. The number of aromatic amines is 2. The molecule has 3 saturated heterocycles. The molecule has 0 radical (unpaired) electrons. The molecule has 6 atom stereocenters. The van der Waals surface area contributed by atoms with Crippen LogP contribution in [0.5, 0.6) is 0 Å². The molecule has 0 spiro atoms. The van der Waals surface area contributed by atoms with Crippen LogP contribution in [0.4, 0.5) is 28.0 Å². The van der Waals surface area contributed by atoms with Crippen LogP contribution < -0.4 is 5.32 Å². The highest BCUT2D eigenvalue weighted by Gasteiger charge is 2.54. The third kappa shape index (κ3) is 13.4. The molecule has 2 aromatic heterocycles. The molecule has 9 rings (SSSR count). The van der Waals surface area contributed by atoms with Gasteiger partial charge in [0.25, 0.3) is 10.1 Å². The van der Waals surface area contributed by atoms with Gasteiger partial charge in [0.2, 0.25) is 0 Å². The van der Waals surface area contributed by atoms with Crippen molar-refractivity contribution in [2.45, 2.75) is 115 Å². The number of ether oxygens (including phenoxy) is 4. The number of H-pyrrole nitrogens is 2. The summed E-state index contributed by atoms with van der Waals surface area (Å²) in [6.07, 6.45) is 2.29. The first kappa shape index (κ1) is 54.1. The van der Waals surface area contributed by atoms with E-state index in [0.717, 1.165) is 28.3 Å². The molecule has 20 heteroatoms. The molecule has 4 amide bonds. The zero-order chi connectivity index (χ0) is 53.8. The van der Waals surface area contributed by atoms with E-state index in [4.69, 9.17) is 23.1 Å². The minimum absolute atomic E-state index is 0.0362. The lowest BCUT2D eigenvalue weighted by molar-refractivity contribution is 0.0140. The van der Waals surface area contributed by atoms with Crippen molar-refractivity contribution in [2.75, 3.05) is 32.4 Å². The lowest BCUT2D eigenvalue weighted by Crippen LogP contribution is -2.49. The Kier molecular flexibility index (Phi) is 16.1. The summed E-state index contributed by atoms with van der Waals surface area (Å²) in [5, 5.41) is 4.29. The lowest BCUT2D eigenvalue weighted by Gasteiger charge is -2.35. The first-order chi connectivity index (χ1) is 35.5. The van der Waals surface area contributed by atoms with Gasteiger partial charge in [-0.3, -0.25) is 4.18 Å². The largest absolute Gasteiger partial charge is 0.445 e. The van der Waals surface area contributed by atoms with Crippen molar-refractivity contribution >= 4 is 56.3 Å².